The molecule has 2 fully saturated rings. The van der Waals surface area contributed by atoms with Crippen LogP contribution in [-0.4, -0.2) is 77.6 Å². The van der Waals surface area contributed by atoms with Crippen molar-refractivity contribution in [3.05, 3.63) is 29.3 Å². The van der Waals surface area contributed by atoms with Crippen LogP contribution in [0.4, 0.5) is 21.1 Å². The summed E-state index contributed by atoms with van der Waals surface area (Å²) >= 11 is 6.12. The highest BCUT2D eigenvalue weighted by Gasteiger charge is 2.33. The van der Waals surface area contributed by atoms with Crippen molar-refractivity contribution < 1.29 is 14.4 Å². The Morgan fingerprint density at radius 1 is 1.09 bits per heavy atom. The number of nitrogens with one attached hydrogen (secondary N) is 2. The number of rotatable bonds is 3. The lowest BCUT2D eigenvalue weighted by Crippen LogP contribution is -2.57. The number of urea groups is 2. The number of fused-ring (bicyclic) bond motifs is 1. The van der Waals surface area contributed by atoms with Gasteiger partial charge in [0.15, 0.2) is 0 Å². The minimum absolute atomic E-state index is 0.0762. The highest BCUT2D eigenvalue weighted by molar-refractivity contribution is 6.31. The summed E-state index contributed by atoms with van der Waals surface area (Å²) in [5, 5.41) is 7.18. The number of carbonyl (C=O) groups excluding carboxylic acids is 3. The van der Waals surface area contributed by atoms with E-state index in [1.54, 1.807) is 11.0 Å². The van der Waals surface area contributed by atoms with E-state index in [1.165, 1.54) is 4.90 Å². The van der Waals surface area contributed by atoms with Gasteiger partial charge in [-0.05, 0) is 51.3 Å². The van der Waals surface area contributed by atoms with Gasteiger partial charge in [-0.1, -0.05) is 11.6 Å². The maximum atomic E-state index is 13.0. The number of piperazine rings is 1. The SMILES string of the molecule is CC(C)NC(=O)N1CCCCC(NC(=O)N2CCN(c3cc(N)nc4cc(Cl)ccc34)CC2)C1=O. The number of nitrogens with two attached hydrogens (primary N) is 1. The molecule has 4 N–H and O–H groups in total. The van der Waals surface area contributed by atoms with Gasteiger partial charge in [0.2, 0.25) is 0 Å². The zero-order valence-electron chi connectivity index (χ0n) is 20.1. The van der Waals surface area contributed by atoms with E-state index < -0.39 is 12.1 Å². The van der Waals surface area contributed by atoms with E-state index in [9.17, 15) is 14.4 Å². The van der Waals surface area contributed by atoms with Gasteiger partial charge in [-0.25, -0.2) is 14.6 Å². The fourth-order valence-electron chi connectivity index (χ4n) is 4.56. The molecule has 2 aliphatic heterocycles. The first-order valence-electron chi connectivity index (χ1n) is 12.0. The minimum Gasteiger partial charge on any atom is -0.384 e. The number of halogens is 1. The quantitative estimate of drug-likeness (QED) is 0.594. The van der Waals surface area contributed by atoms with E-state index in [2.05, 4.69) is 20.5 Å². The molecule has 11 heteroatoms. The standard InChI is InChI=1S/C24H32ClN7O3/c1-15(2)27-24(35)32-8-4-3-5-18(22(32)33)29-23(34)31-11-9-30(10-12-31)20-14-21(26)28-19-13-16(25)6-7-17(19)20/h6-7,13-15,18H,3-5,8-12H2,1-2H3,(H2,26,28)(H,27,35)(H,29,34). The third-order valence-electron chi connectivity index (χ3n) is 6.32. The summed E-state index contributed by atoms with van der Waals surface area (Å²) in [5.41, 5.74) is 7.71. The smallest absolute Gasteiger partial charge is 0.324 e. The zero-order chi connectivity index (χ0) is 25.1. The number of carbonyl (C=O) groups is 3. The maximum Gasteiger partial charge on any atom is 0.324 e. The summed E-state index contributed by atoms with van der Waals surface area (Å²) in [4.78, 5) is 47.9. The Morgan fingerprint density at radius 2 is 1.83 bits per heavy atom. The Kier molecular flexibility index (Phi) is 7.49. The highest BCUT2D eigenvalue weighted by atomic mass is 35.5. The number of likely N-dealkylation sites (tertiary alicyclic amines) is 1. The van der Waals surface area contributed by atoms with E-state index in [0.29, 0.717) is 50.0 Å². The van der Waals surface area contributed by atoms with Crippen LogP contribution in [0.3, 0.4) is 0 Å². The molecular weight excluding hydrogens is 470 g/mol. The van der Waals surface area contributed by atoms with Crippen molar-refractivity contribution in [1.29, 1.82) is 0 Å². The van der Waals surface area contributed by atoms with Gasteiger partial charge in [0, 0.05) is 60.9 Å². The molecule has 3 heterocycles. The van der Waals surface area contributed by atoms with Gasteiger partial charge in [0.1, 0.15) is 11.9 Å². The average molecular weight is 502 g/mol. The summed E-state index contributed by atoms with van der Waals surface area (Å²) < 4.78 is 0. The van der Waals surface area contributed by atoms with Crippen LogP contribution in [-0.2, 0) is 4.79 Å². The van der Waals surface area contributed by atoms with E-state index in [-0.39, 0.29) is 18.0 Å². The van der Waals surface area contributed by atoms with Crippen molar-refractivity contribution in [3.8, 4) is 0 Å². The molecule has 2 aliphatic rings. The third-order valence-corrected chi connectivity index (χ3v) is 6.56. The molecule has 0 aliphatic carbocycles. The normalized spacial score (nSPS) is 19.1. The van der Waals surface area contributed by atoms with Crippen molar-refractivity contribution in [2.45, 2.75) is 45.2 Å². The number of pyridine rings is 1. The molecule has 5 amide bonds. The molecule has 35 heavy (non-hydrogen) atoms. The molecule has 0 radical (unpaired) electrons. The van der Waals surface area contributed by atoms with Crippen LogP contribution in [0.15, 0.2) is 24.3 Å². The van der Waals surface area contributed by atoms with Crippen molar-refractivity contribution in [2.24, 2.45) is 0 Å². The van der Waals surface area contributed by atoms with Crippen LogP contribution >= 0.6 is 11.6 Å². The van der Waals surface area contributed by atoms with Crippen LogP contribution in [0.25, 0.3) is 10.9 Å². The predicted octanol–water partition coefficient (Wildman–Crippen LogP) is 2.80. The monoisotopic (exact) mass is 501 g/mol. The fraction of sp³-hybridized carbons (Fsp3) is 0.500. The molecule has 1 unspecified atom stereocenters. The topological polar surface area (TPSA) is 124 Å². The Hall–Kier alpha value is -3.27. The molecule has 0 saturated carbocycles. The van der Waals surface area contributed by atoms with Crippen molar-refractivity contribution in [3.63, 3.8) is 0 Å². The van der Waals surface area contributed by atoms with Crippen molar-refractivity contribution in [1.82, 2.24) is 25.4 Å². The lowest BCUT2D eigenvalue weighted by atomic mass is 10.1. The second kappa shape index (κ2) is 10.6. The number of benzene rings is 1. The minimum atomic E-state index is -0.713. The Labute approximate surface area is 209 Å². The Balaban J connectivity index is 1.39. The van der Waals surface area contributed by atoms with Gasteiger partial charge >= 0.3 is 12.1 Å². The molecule has 10 nitrogen and oxygen atoms in total. The average Bonchev–Trinajstić information content (AvgIpc) is 2.99. The number of aromatic nitrogens is 1. The molecule has 188 valence electrons. The largest absolute Gasteiger partial charge is 0.384 e. The summed E-state index contributed by atoms with van der Waals surface area (Å²) in [6.45, 7) is 6.24. The number of hydrogen-bond acceptors (Lipinski definition) is 6. The summed E-state index contributed by atoms with van der Waals surface area (Å²) in [6, 6.07) is 5.88. The molecule has 0 spiro atoms. The third kappa shape index (κ3) is 5.70. The van der Waals surface area contributed by atoms with Crippen LogP contribution in [0, 0.1) is 0 Å². The first kappa shape index (κ1) is 24.8. The molecule has 0 bridgehead atoms. The summed E-state index contributed by atoms with van der Waals surface area (Å²) in [7, 11) is 0. The fourth-order valence-corrected chi connectivity index (χ4v) is 4.72. The first-order chi connectivity index (χ1) is 16.7. The van der Waals surface area contributed by atoms with Gasteiger partial charge in [0.25, 0.3) is 5.91 Å². The van der Waals surface area contributed by atoms with E-state index >= 15 is 0 Å². The lowest BCUT2D eigenvalue weighted by molar-refractivity contribution is -0.129. The number of amides is 5. The molecular formula is C24H32ClN7O3. The predicted molar refractivity (Wildman–Crippen MR) is 137 cm³/mol. The van der Waals surface area contributed by atoms with Gasteiger partial charge < -0.3 is 26.2 Å². The second-order valence-corrected chi connectivity index (χ2v) is 9.73. The Bertz CT molecular complexity index is 1110. The zero-order valence-corrected chi connectivity index (χ0v) is 20.8. The van der Waals surface area contributed by atoms with E-state index in [1.807, 2.05) is 32.0 Å². The van der Waals surface area contributed by atoms with Crippen molar-refractivity contribution >= 4 is 52.0 Å². The van der Waals surface area contributed by atoms with Crippen LogP contribution in [0.2, 0.25) is 5.02 Å². The molecule has 1 atom stereocenters. The van der Waals surface area contributed by atoms with Gasteiger partial charge in [-0.3, -0.25) is 9.69 Å². The Morgan fingerprint density at radius 3 is 2.54 bits per heavy atom. The van der Waals surface area contributed by atoms with Crippen molar-refractivity contribution in [2.75, 3.05) is 43.4 Å². The summed E-state index contributed by atoms with van der Waals surface area (Å²) in [6.07, 6.45) is 1.99. The van der Waals surface area contributed by atoms with Gasteiger partial charge in [-0.15, -0.1) is 0 Å². The molecule has 2 aromatic rings. The van der Waals surface area contributed by atoms with Crippen LogP contribution < -0.4 is 21.3 Å². The number of nitrogens with zero attached hydrogens (tertiary/aromatic N) is 4. The first-order valence-corrected chi connectivity index (χ1v) is 12.4. The highest BCUT2D eigenvalue weighted by Crippen LogP contribution is 2.30. The number of hydrogen-bond donors (Lipinski definition) is 3. The maximum absolute atomic E-state index is 13.0. The van der Waals surface area contributed by atoms with Gasteiger partial charge in [-0.2, -0.15) is 0 Å². The number of imide groups is 1. The number of nitrogen functional groups attached to an aromatic ring is 1. The molecule has 2 saturated heterocycles. The van der Waals surface area contributed by atoms with Gasteiger partial charge in [0.05, 0.1) is 5.52 Å². The molecule has 1 aromatic heterocycles. The molecule has 4 rings (SSSR count). The van der Waals surface area contributed by atoms with E-state index in [4.69, 9.17) is 17.3 Å². The summed E-state index contributed by atoms with van der Waals surface area (Å²) in [5.74, 6) is 0.0536. The lowest BCUT2D eigenvalue weighted by Gasteiger charge is -2.37. The van der Waals surface area contributed by atoms with E-state index in [0.717, 1.165) is 29.4 Å². The second-order valence-electron chi connectivity index (χ2n) is 9.29. The van der Waals surface area contributed by atoms with Crippen LogP contribution in [0.5, 0.6) is 0 Å². The molecule has 1 aromatic carbocycles. The van der Waals surface area contributed by atoms with Crippen LogP contribution in [0.1, 0.15) is 33.1 Å². The number of anilines is 2.